The molecule has 0 radical (unpaired) electrons. The first-order valence-corrected chi connectivity index (χ1v) is 8.80. The third kappa shape index (κ3) is 3.27. The van der Waals surface area contributed by atoms with Gasteiger partial charge < -0.3 is 5.32 Å². The Morgan fingerprint density at radius 3 is 2.65 bits per heavy atom. The molecular weight excluding hydrogens is 316 g/mol. The van der Waals surface area contributed by atoms with E-state index in [0.717, 1.165) is 5.56 Å². The van der Waals surface area contributed by atoms with Gasteiger partial charge >= 0.3 is 0 Å². The zero-order valence-corrected chi connectivity index (χ0v) is 13.5. The molecule has 2 atom stereocenters. The number of carbonyl (C=O) groups is 1. The molecule has 1 amide bonds. The number of hydrogen-bond acceptors (Lipinski definition) is 4. The highest BCUT2D eigenvalue weighted by atomic mass is 32.2. The van der Waals surface area contributed by atoms with E-state index in [1.54, 1.807) is 7.05 Å². The molecule has 8 heteroatoms. The summed E-state index contributed by atoms with van der Waals surface area (Å²) >= 11 is 0. The van der Waals surface area contributed by atoms with Crippen LogP contribution >= 0.6 is 0 Å². The van der Waals surface area contributed by atoms with Gasteiger partial charge in [0.1, 0.15) is 0 Å². The van der Waals surface area contributed by atoms with E-state index < -0.39 is 16.1 Å². The van der Waals surface area contributed by atoms with E-state index in [9.17, 15) is 13.2 Å². The maximum absolute atomic E-state index is 12.6. The van der Waals surface area contributed by atoms with E-state index in [0.29, 0.717) is 12.8 Å². The van der Waals surface area contributed by atoms with Gasteiger partial charge in [0.05, 0.1) is 12.2 Å². The molecule has 0 unspecified atom stereocenters. The minimum Gasteiger partial charge on any atom is -0.348 e. The molecule has 0 spiro atoms. The predicted molar refractivity (Wildman–Crippen MR) is 83.9 cm³/mol. The van der Waals surface area contributed by atoms with Crippen LogP contribution in [0.4, 0.5) is 0 Å². The summed E-state index contributed by atoms with van der Waals surface area (Å²) in [7, 11) is -2.13. The Balaban J connectivity index is 1.88. The van der Waals surface area contributed by atoms with E-state index in [4.69, 9.17) is 0 Å². The molecule has 1 fully saturated rings. The first kappa shape index (κ1) is 15.7. The lowest BCUT2D eigenvalue weighted by molar-refractivity contribution is -0.123. The van der Waals surface area contributed by atoms with Crippen LogP contribution in [0.3, 0.4) is 0 Å². The van der Waals surface area contributed by atoms with Crippen LogP contribution in [0, 0.1) is 0 Å². The number of carbonyl (C=O) groups excluding carboxylic acids is 1. The smallest absolute Gasteiger partial charge is 0.258 e. The normalized spacial score (nSPS) is 21.9. The van der Waals surface area contributed by atoms with E-state index in [1.165, 1.54) is 16.9 Å². The predicted octanol–water partition coefficient (Wildman–Crippen LogP) is 0.718. The van der Waals surface area contributed by atoms with Gasteiger partial charge in [0, 0.05) is 19.5 Å². The first-order valence-electron chi connectivity index (χ1n) is 7.32. The van der Waals surface area contributed by atoms with Crippen LogP contribution < -0.4 is 10.0 Å². The third-order valence-corrected chi connectivity index (χ3v) is 5.48. The topological polar surface area (TPSA) is 93.1 Å². The van der Waals surface area contributed by atoms with E-state index in [2.05, 4.69) is 15.1 Å². The molecule has 23 heavy (non-hydrogen) atoms. The van der Waals surface area contributed by atoms with Gasteiger partial charge in [0.15, 0.2) is 5.03 Å². The number of aryl methyl sites for hydroxylation is 1. The van der Waals surface area contributed by atoms with Crippen LogP contribution in [0.25, 0.3) is 0 Å². The highest BCUT2D eigenvalue weighted by Crippen LogP contribution is 2.25. The minimum atomic E-state index is -3.71. The zero-order valence-electron chi connectivity index (χ0n) is 12.6. The van der Waals surface area contributed by atoms with Crippen molar-refractivity contribution in [2.24, 2.45) is 7.05 Å². The Hall–Kier alpha value is -2.19. The monoisotopic (exact) mass is 334 g/mol. The molecular formula is C15H18N4O3S. The number of piperidine rings is 1. The molecule has 1 aromatic heterocycles. The van der Waals surface area contributed by atoms with Gasteiger partial charge in [0.2, 0.25) is 5.91 Å². The summed E-state index contributed by atoms with van der Waals surface area (Å²) < 4.78 is 29.1. The highest BCUT2D eigenvalue weighted by molar-refractivity contribution is 7.89. The lowest BCUT2D eigenvalue weighted by Crippen LogP contribution is -2.50. The van der Waals surface area contributed by atoms with Gasteiger partial charge in [-0.1, -0.05) is 30.3 Å². The zero-order chi connectivity index (χ0) is 16.4. The number of nitrogens with one attached hydrogen (secondary N) is 2. The molecule has 0 aliphatic carbocycles. The summed E-state index contributed by atoms with van der Waals surface area (Å²) in [6.45, 7) is 0. The van der Waals surface area contributed by atoms with E-state index >= 15 is 0 Å². The number of sulfonamides is 1. The van der Waals surface area contributed by atoms with Crippen molar-refractivity contribution in [2.45, 2.75) is 30.0 Å². The molecule has 1 aliphatic heterocycles. The van der Waals surface area contributed by atoms with Gasteiger partial charge in [-0.3, -0.25) is 9.48 Å². The van der Waals surface area contributed by atoms with Crippen molar-refractivity contribution in [1.82, 2.24) is 19.8 Å². The standard InChI is InChI=1S/C15H18N4O3S/c1-19-14(9-10-16-19)23(21,22)18-12-7-8-13(20)17-15(12)11-5-3-2-4-6-11/h2-6,9-10,12,15,18H,7-8H2,1H3,(H,17,20)/t12-,15+/m1/s1. The third-order valence-electron chi connectivity index (χ3n) is 3.92. The van der Waals surface area contributed by atoms with Crippen LogP contribution in [0.1, 0.15) is 24.4 Å². The Kier molecular flexibility index (Phi) is 4.18. The lowest BCUT2D eigenvalue weighted by atomic mass is 9.93. The van der Waals surface area contributed by atoms with Crippen LogP contribution in [-0.4, -0.2) is 30.1 Å². The molecule has 1 saturated heterocycles. The van der Waals surface area contributed by atoms with Gasteiger partial charge in [-0.05, 0) is 18.1 Å². The first-order chi connectivity index (χ1) is 11.0. The van der Waals surface area contributed by atoms with Gasteiger partial charge in [-0.25, -0.2) is 13.1 Å². The van der Waals surface area contributed by atoms with Crippen molar-refractivity contribution < 1.29 is 13.2 Å². The van der Waals surface area contributed by atoms with Gasteiger partial charge in [-0.15, -0.1) is 0 Å². The van der Waals surface area contributed by atoms with E-state index in [1.807, 2.05) is 30.3 Å². The van der Waals surface area contributed by atoms with Crippen molar-refractivity contribution in [3.05, 3.63) is 48.2 Å². The average molecular weight is 334 g/mol. The maximum atomic E-state index is 12.6. The summed E-state index contributed by atoms with van der Waals surface area (Å²) in [6.07, 6.45) is 2.18. The quantitative estimate of drug-likeness (QED) is 0.861. The second-order valence-electron chi connectivity index (χ2n) is 5.52. The number of amides is 1. The number of rotatable bonds is 4. The Morgan fingerprint density at radius 2 is 2.00 bits per heavy atom. The summed E-state index contributed by atoms with van der Waals surface area (Å²) in [6, 6.07) is 10.0. The molecule has 1 aliphatic rings. The van der Waals surface area contributed by atoms with Crippen molar-refractivity contribution in [2.75, 3.05) is 0 Å². The number of nitrogens with zero attached hydrogens (tertiary/aromatic N) is 2. The molecule has 1 aromatic carbocycles. The number of benzene rings is 1. The lowest BCUT2D eigenvalue weighted by Gasteiger charge is -2.32. The molecule has 0 bridgehead atoms. The van der Waals surface area contributed by atoms with Crippen LogP contribution in [0.15, 0.2) is 47.6 Å². The maximum Gasteiger partial charge on any atom is 0.258 e. The molecule has 7 nitrogen and oxygen atoms in total. The molecule has 2 heterocycles. The highest BCUT2D eigenvalue weighted by Gasteiger charge is 2.33. The SMILES string of the molecule is Cn1nccc1S(=O)(=O)N[C@@H]1CCC(=O)N[C@H]1c1ccccc1. The van der Waals surface area contributed by atoms with Gasteiger partial charge in [0.25, 0.3) is 10.0 Å². The Labute approximate surface area is 134 Å². The fraction of sp³-hybridized carbons (Fsp3) is 0.333. The molecule has 3 rings (SSSR count). The Bertz CT molecular complexity index is 801. The van der Waals surface area contributed by atoms with E-state index in [-0.39, 0.29) is 17.0 Å². The minimum absolute atomic E-state index is 0.0742. The molecule has 122 valence electrons. The van der Waals surface area contributed by atoms with Gasteiger partial charge in [-0.2, -0.15) is 5.10 Å². The number of aromatic nitrogens is 2. The summed E-state index contributed by atoms with van der Waals surface area (Å²) in [4.78, 5) is 11.7. The fourth-order valence-corrected chi connectivity index (χ4v) is 4.20. The molecule has 2 aromatic rings. The summed E-state index contributed by atoms with van der Waals surface area (Å²) in [5.41, 5.74) is 0.873. The average Bonchev–Trinajstić information content (AvgIpc) is 2.97. The largest absolute Gasteiger partial charge is 0.348 e. The molecule has 0 saturated carbocycles. The summed E-state index contributed by atoms with van der Waals surface area (Å²) in [5, 5.41) is 6.87. The second-order valence-corrected chi connectivity index (χ2v) is 7.18. The van der Waals surface area contributed by atoms with Crippen molar-refractivity contribution in [3.8, 4) is 0 Å². The summed E-state index contributed by atoms with van der Waals surface area (Å²) in [5.74, 6) is -0.0742. The van der Waals surface area contributed by atoms with Crippen molar-refractivity contribution in [1.29, 1.82) is 0 Å². The van der Waals surface area contributed by atoms with Crippen LogP contribution in [0.5, 0.6) is 0 Å². The number of hydrogen-bond donors (Lipinski definition) is 2. The van der Waals surface area contributed by atoms with Crippen molar-refractivity contribution >= 4 is 15.9 Å². The van der Waals surface area contributed by atoms with Crippen molar-refractivity contribution in [3.63, 3.8) is 0 Å². The molecule has 2 N–H and O–H groups in total. The Morgan fingerprint density at radius 1 is 1.26 bits per heavy atom. The van der Waals surface area contributed by atoms with Crippen LogP contribution in [-0.2, 0) is 21.9 Å². The fourth-order valence-electron chi connectivity index (χ4n) is 2.79. The second kappa shape index (κ2) is 6.13. The van der Waals surface area contributed by atoms with Crippen LogP contribution in [0.2, 0.25) is 0 Å².